The lowest BCUT2D eigenvalue weighted by Crippen LogP contribution is -2.24. The summed E-state index contributed by atoms with van der Waals surface area (Å²) in [5.74, 6) is -0.807. The molecule has 0 aliphatic carbocycles. The number of carbonyl (C=O) groups is 2. The second-order valence-electron chi connectivity index (χ2n) is 4.23. The summed E-state index contributed by atoms with van der Waals surface area (Å²) in [5.41, 5.74) is 0.885. The number of Topliss-reactive ketones (excluding diaryl/α,β-unsaturated/α-hetero) is 1. The smallest absolute Gasteiger partial charge is 0.234 e. The molecule has 0 radical (unpaired) electrons. The zero-order chi connectivity index (χ0) is 12.6. The number of ketones is 1. The van der Waals surface area contributed by atoms with Gasteiger partial charge in [0, 0.05) is 19.8 Å². The highest BCUT2D eigenvalue weighted by molar-refractivity contribution is 6.15. The highest BCUT2D eigenvalue weighted by Crippen LogP contribution is 2.25. The molecule has 0 bridgehead atoms. The van der Waals surface area contributed by atoms with E-state index in [1.54, 1.807) is 31.1 Å². The molecule has 0 unspecified atom stereocenters. The van der Waals surface area contributed by atoms with Gasteiger partial charge in [0.2, 0.25) is 5.91 Å². The van der Waals surface area contributed by atoms with E-state index in [1.165, 1.54) is 11.0 Å². The molecule has 1 saturated heterocycles. The highest BCUT2D eigenvalue weighted by Gasteiger charge is 2.28. The van der Waals surface area contributed by atoms with Crippen molar-refractivity contribution in [1.29, 1.82) is 0 Å². The van der Waals surface area contributed by atoms with Crippen molar-refractivity contribution in [2.24, 2.45) is 0 Å². The monoisotopic (exact) mass is 236 g/mol. The van der Waals surface area contributed by atoms with E-state index in [1.807, 2.05) is 0 Å². The van der Waals surface area contributed by atoms with E-state index < -0.39 is 5.82 Å². The summed E-state index contributed by atoms with van der Waals surface area (Å²) in [4.78, 5) is 25.6. The van der Waals surface area contributed by atoms with Gasteiger partial charge in [0.1, 0.15) is 5.82 Å². The van der Waals surface area contributed by atoms with Gasteiger partial charge in [-0.15, -0.1) is 0 Å². The third-order valence-corrected chi connectivity index (χ3v) is 2.71. The van der Waals surface area contributed by atoms with Crippen molar-refractivity contribution in [2.75, 3.05) is 30.4 Å². The predicted octanol–water partition coefficient (Wildman–Crippen LogP) is 1.20. The van der Waals surface area contributed by atoms with Crippen molar-refractivity contribution in [3.8, 4) is 0 Å². The highest BCUT2D eigenvalue weighted by atomic mass is 19.1. The maximum atomic E-state index is 13.7. The van der Waals surface area contributed by atoms with Gasteiger partial charge < -0.3 is 9.80 Å². The summed E-state index contributed by atoms with van der Waals surface area (Å²) in [6.45, 7) is 0.0413. The van der Waals surface area contributed by atoms with Crippen LogP contribution in [0.15, 0.2) is 18.2 Å². The molecule has 0 aromatic heterocycles. The SMILES string of the molecule is CN(C)c1ccc(N2CC(=O)CC2=O)cc1F. The zero-order valence-electron chi connectivity index (χ0n) is 9.74. The van der Waals surface area contributed by atoms with Gasteiger partial charge in [-0.1, -0.05) is 0 Å². The molecule has 1 heterocycles. The summed E-state index contributed by atoms with van der Waals surface area (Å²) in [6.07, 6.45) is -0.0863. The summed E-state index contributed by atoms with van der Waals surface area (Å²) in [6, 6.07) is 4.53. The molecule has 2 rings (SSSR count). The molecule has 90 valence electrons. The van der Waals surface area contributed by atoms with Gasteiger partial charge in [-0.25, -0.2) is 4.39 Å². The lowest BCUT2D eigenvalue weighted by atomic mass is 10.2. The molecule has 0 atom stereocenters. The Hall–Kier alpha value is -1.91. The second kappa shape index (κ2) is 4.16. The van der Waals surface area contributed by atoms with E-state index in [4.69, 9.17) is 0 Å². The molecule has 1 fully saturated rings. The van der Waals surface area contributed by atoms with Crippen molar-refractivity contribution in [2.45, 2.75) is 6.42 Å². The quantitative estimate of drug-likeness (QED) is 0.724. The maximum absolute atomic E-state index is 13.7. The third kappa shape index (κ3) is 2.13. The van der Waals surface area contributed by atoms with Crippen LogP contribution in [-0.4, -0.2) is 32.3 Å². The largest absolute Gasteiger partial charge is 0.375 e. The average molecular weight is 236 g/mol. The number of hydrogen-bond donors (Lipinski definition) is 0. The van der Waals surface area contributed by atoms with Gasteiger partial charge in [0.05, 0.1) is 18.7 Å². The molecule has 4 nitrogen and oxygen atoms in total. The lowest BCUT2D eigenvalue weighted by molar-refractivity contribution is -0.121. The molecule has 1 aliphatic heterocycles. The Balaban J connectivity index is 2.32. The number of benzene rings is 1. The van der Waals surface area contributed by atoms with Crippen LogP contribution in [0.1, 0.15) is 6.42 Å². The molecule has 17 heavy (non-hydrogen) atoms. The first kappa shape index (κ1) is 11.6. The molecule has 1 amide bonds. The van der Waals surface area contributed by atoms with Gasteiger partial charge in [0.15, 0.2) is 5.78 Å². The number of amides is 1. The first-order valence-electron chi connectivity index (χ1n) is 5.28. The fourth-order valence-corrected chi connectivity index (χ4v) is 1.85. The van der Waals surface area contributed by atoms with Crippen molar-refractivity contribution in [1.82, 2.24) is 0 Å². The fourth-order valence-electron chi connectivity index (χ4n) is 1.85. The Bertz CT molecular complexity index is 485. The topological polar surface area (TPSA) is 40.6 Å². The van der Waals surface area contributed by atoms with E-state index in [0.717, 1.165) is 0 Å². The van der Waals surface area contributed by atoms with E-state index in [2.05, 4.69) is 0 Å². The van der Waals surface area contributed by atoms with Crippen LogP contribution in [0.3, 0.4) is 0 Å². The Morgan fingerprint density at radius 1 is 1.29 bits per heavy atom. The molecule has 1 aliphatic rings. The van der Waals surface area contributed by atoms with Gasteiger partial charge >= 0.3 is 0 Å². The average Bonchev–Trinajstić information content (AvgIpc) is 2.57. The molecule has 0 saturated carbocycles. The minimum atomic E-state index is -0.403. The third-order valence-electron chi connectivity index (χ3n) is 2.71. The van der Waals surface area contributed by atoms with Crippen LogP contribution in [0.2, 0.25) is 0 Å². The molecular formula is C12H13FN2O2. The summed E-state index contributed by atoms with van der Waals surface area (Å²) >= 11 is 0. The van der Waals surface area contributed by atoms with Gasteiger partial charge in [-0.2, -0.15) is 0 Å². The van der Waals surface area contributed by atoms with Crippen LogP contribution in [-0.2, 0) is 9.59 Å². The van der Waals surface area contributed by atoms with Crippen molar-refractivity contribution in [3.63, 3.8) is 0 Å². The van der Waals surface area contributed by atoms with Crippen LogP contribution in [0.4, 0.5) is 15.8 Å². The second-order valence-corrected chi connectivity index (χ2v) is 4.23. The standard InChI is InChI=1S/C12H13FN2O2/c1-14(2)11-4-3-8(5-10(11)13)15-7-9(16)6-12(15)17/h3-5H,6-7H2,1-2H3. The molecule has 0 N–H and O–H groups in total. The van der Waals surface area contributed by atoms with Gasteiger partial charge in [0.25, 0.3) is 0 Å². The first-order valence-corrected chi connectivity index (χ1v) is 5.28. The van der Waals surface area contributed by atoms with Crippen molar-refractivity contribution < 1.29 is 14.0 Å². The summed E-state index contributed by atoms with van der Waals surface area (Å²) in [7, 11) is 3.48. The fraction of sp³-hybridized carbons (Fsp3) is 0.333. The van der Waals surface area contributed by atoms with E-state index in [-0.39, 0.29) is 24.7 Å². The Kier molecular flexibility index (Phi) is 2.83. The molecule has 5 heteroatoms. The minimum absolute atomic E-state index is 0.0413. The van der Waals surface area contributed by atoms with E-state index in [0.29, 0.717) is 11.4 Å². The number of hydrogen-bond acceptors (Lipinski definition) is 3. The molecule has 1 aromatic carbocycles. The summed E-state index contributed by atoms with van der Waals surface area (Å²) in [5, 5.41) is 0. The Morgan fingerprint density at radius 2 is 2.00 bits per heavy atom. The maximum Gasteiger partial charge on any atom is 0.234 e. The van der Waals surface area contributed by atoms with Crippen LogP contribution in [0.5, 0.6) is 0 Å². The molecular weight excluding hydrogens is 223 g/mol. The number of nitrogens with zero attached hydrogens (tertiary/aromatic N) is 2. The number of halogens is 1. The first-order chi connectivity index (χ1) is 7.99. The van der Waals surface area contributed by atoms with Crippen LogP contribution in [0.25, 0.3) is 0 Å². The lowest BCUT2D eigenvalue weighted by Gasteiger charge is -2.18. The summed E-state index contributed by atoms with van der Waals surface area (Å²) < 4.78 is 13.7. The van der Waals surface area contributed by atoms with Gasteiger partial charge in [-0.05, 0) is 18.2 Å². The van der Waals surface area contributed by atoms with Crippen molar-refractivity contribution >= 4 is 23.1 Å². The molecule has 0 spiro atoms. The van der Waals surface area contributed by atoms with E-state index in [9.17, 15) is 14.0 Å². The van der Waals surface area contributed by atoms with Crippen LogP contribution >= 0.6 is 0 Å². The van der Waals surface area contributed by atoms with Crippen molar-refractivity contribution in [3.05, 3.63) is 24.0 Å². The molecule has 1 aromatic rings. The van der Waals surface area contributed by atoms with Crippen LogP contribution < -0.4 is 9.80 Å². The predicted molar refractivity (Wildman–Crippen MR) is 62.7 cm³/mol. The number of rotatable bonds is 2. The number of carbonyl (C=O) groups excluding carboxylic acids is 2. The number of anilines is 2. The zero-order valence-corrected chi connectivity index (χ0v) is 9.74. The van der Waals surface area contributed by atoms with E-state index >= 15 is 0 Å². The van der Waals surface area contributed by atoms with Gasteiger partial charge in [-0.3, -0.25) is 9.59 Å². The Morgan fingerprint density at radius 3 is 2.47 bits per heavy atom. The van der Waals surface area contributed by atoms with Crippen LogP contribution in [0, 0.1) is 5.82 Å². The Labute approximate surface area is 98.6 Å². The minimum Gasteiger partial charge on any atom is -0.375 e. The normalized spacial score (nSPS) is 15.6.